The van der Waals surface area contributed by atoms with Crippen LogP contribution < -0.4 is 0 Å². The van der Waals surface area contributed by atoms with Gasteiger partial charge in [0.1, 0.15) is 12.0 Å². The van der Waals surface area contributed by atoms with Gasteiger partial charge in [0, 0.05) is 10.0 Å². The predicted octanol–water partition coefficient (Wildman–Crippen LogP) is 2.60. The minimum Gasteiger partial charge on any atom is -0.444 e. The molecule has 2 rings (SSSR count). The first-order chi connectivity index (χ1) is 6.79. The summed E-state index contributed by atoms with van der Waals surface area (Å²) >= 11 is 3.36. The Kier molecular flexibility index (Phi) is 2.65. The summed E-state index contributed by atoms with van der Waals surface area (Å²) in [6, 6.07) is 7.65. The fourth-order valence-electron chi connectivity index (χ4n) is 1.13. The Balaban J connectivity index is 2.39. The van der Waals surface area contributed by atoms with E-state index >= 15 is 0 Å². The zero-order valence-corrected chi connectivity index (χ0v) is 8.86. The van der Waals surface area contributed by atoms with Crippen LogP contribution in [0.3, 0.4) is 0 Å². The number of halogens is 1. The van der Waals surface area contributed by atoms with E-state index in [4.69, 9.17) is 9.52 Å². The highest BCUT2D eigenvalue weighted by atomic mass is 79.9. The van der Waals surface area contributed by atoms with Crippen LogP contribution in [0.4, 0.5) is 0 Å². The summed E-state index contributed by atoms with van der Waals surface area (Å²) in [6.45, 7) is -0.0997. The number of oxazole rings is 1. The first kappa shape index (κ1) is 9.43. The molecule has 0 bridgehead atoms. The zero-order chi connectivity index (χ0) is 9.97. The average molecular weight is 254 g/mol. The fraction of sp³-hybridized carbons (Fsp3) is 0.100. The third-order valence-corrected chi connectivity index (χ3v) is 2.28. The Morgan fingerprint density at radius 2 is 2.29 bits per heavy atom. The number of rotatable bonds is 2. The van der Waals surface area contributed by atoms with E-state index in [9.17, 15) is 0 Å². The molecule has 0 atom stereocenters. The monoisotopic (exact) mass is 253 g/mol. The maximum absolute atomic E-state index is 8.82. The molecule has 0 saturated heterocycles. The summed E-state index contributed by atoms with van der Waals surface area (Å²) in [7, 11) is 0. The lowest BCUT2D eigenvalue weighted by atomic mass is 10.2. The van der Waals surface area contributed by atoms with Crippen molar-refractivity contribution < 1.29 is 9.52 Å². The van der Waals surface area contributed by atoms with Gasteiger partial charge in [0.05, 0.1) is 6.61 Å². The molecule has 0 aliphatic rings. The van der Waals surface area contributed by atoms with Gasteiger partial charge >= 0.3 is 0 Å². The van der Waals surface area contributed by atoms with Crippen molar-refractivity contribution >= 4 is 15.9 Å². The maximum atomic E-state index is 8.82. The fourth-order valence-corrected chi connectivity index (χ4v) is 1.53. The quantitative estimate of drug-likeness (QED) is 0.895. The Morgan fingerprint density at radius 1 is 1.43 bits per heavy atom. The van der Waals surface area contributed by atoms with Gasteiger partial charge in [-0.1, -0.05) is 22.0 Å². The van der Waals surface area contributed by atoms with Gasteiger partial charge < -0.3 is 9.52 Å². The number of hydrogen-bond donors (Lipinski definition) is 1. The summed E-state index contributed by atoms with van der Waals surface area (Å²) in [5.41, 5.74) is 1.43. The van der Waals surface area contributed by atoms with E-state index in [0.29, 0.717) is 11.6 Å². The van der Waals surface area contributed by atoms with E-state index in [1.165, 1.54) is 6.26 Å². The van der Waals surface area contributed by atoms with E-state index in [1.54, 1.807) is 0 Å². The number of aliphatic hydroxyl groups is 1. The van der Waals surface area contributed by atoms with Crippen molar-refractivity contribution in [3.8, 4) is 11.5 Å². The van der Waals surface area contributed by atoms with Gasteiger partial charge in [-0.25, -0.2) is 4.98 Å². The SMILES string of the molecule is OCc1coc(-c2cccc(Br)c2)n1. The minimum absolute atomic E-state index is 0.0997. The van der Waals surface area contributed by atoms with E-state index in [-0.39, 0.29) is 6.61 Å². The number of aliphatic hydroxyl groups excluding tert-OH is 1. The summed E-state index contributed by atoms with van der Waals surface area (Å²) in [5.74, 6) is 0.523. The normalized spacial score (nSPS) is 10.4. The van der Waals surface area contributed by atoms with Gasteiger partial charge in [-0.3, -0.25) is 0 Å². The summed E-state index contributed by atoms with van der Waals surface area (Å²) in [6.07, 6.45) is 1.45. The first-order valence-electron chi connectivity index (χ1n) is 4.11. The summed E-state index contributed by atoms with van der Waals surface area (Å²) in [4.78, 5) is 4.10. The first-order valence-corrected chi connectivity index (χ1v) is 4.90. The van der Waals surface area contributed by atoms with Gasteiger partial charge in [0.2, 0.25) is 5.89 Å². The van der Waals surface area contributed by atoms with Crippen molar-refractivity contribution in [1.29, 1.82) is 0 Å². The molecule has 0 unspecified atom stereocenters. The average Bonchev–Trinajstić information content (AvgIpc) is 2.66. The maximum Gasteiger partial charge on any atom is 0.226 e. The van der Waals surface area contributed by atoms with E-state index in [2.05, 4.69) is 20.9 Å². The van der Waals surface area contributed by atoms with Gasteiger partial charge in [0.15, 0.2) is 0 Å². The van der Waals surface area contributed by atoms with E-state index in [0.717, 1.165) is 10.0 Å². The summed E-state index contributed by atoms with van der Waals surface area (Å²) < 4.78 is 6.18. The number of hydrogen-bond acceptors (Lipinski definition) is 3. The third-order valence-electron chi connectivity index (χ3n) is 1.79. The van der Waals surface area contributed by atoms with Crippen molar-refractivity contribution in [1.82, 2.24) is 4.98 Å². The van der Waals surface area contributed by atoms with Crippen LogP contribution in [0, 0.1) is 0 Å². The van der Waals surface area contributed by atoms with E-state index < -0.39 is 0 Å². The molecule has 14 heavy (non-hydrogen) atoms. The molecule has 1 N–H and O–H groups in total. The second kappa shape index (κ2) is 3.94. The molecule has 3 nitrogen and oxygen atoms in total. The Labute approximate surface area is 89.5 Å². The minimum atomic E-state index is -0.0997. The number of benzene rings is 1. The van der Waals surface area contributed by atoms with Gasteiger partial charge in [-0.2, -0.15) is 0 Å². The van der Waals surface area contributed by atoms with E-state index in [1.807, 2.05) is 24.3 Å². The second-order valence-corrected chi connectivity index (χ2v) is 3.73. The Morgan fingerprint density at radius 3 is 2.93 bits per heavy atom. The highest BCUT2D eigenvalue weighted by molar-refractivity contribution is 9.10. The largest absolute Gasteiger partial charge is 0.444 e. The lowest BCUT2D eigenvalue weighted by molar-refractivity contribution is 0.276. The molecule has 4 heteroatoms. The predicted molar refractivity (Wildman–Crippen MR) is 55.6 cm³/mol. The van der Waals surface area contributed by atoms with Crippen molar-refractivity contribution in [2.75, 3.05) is 0 Å². The highest BCUT2D eigenvalue weighted by Crippen LogP contribution is 2.22. The molecular formula is C10H8BrNO2. The molecule has 1 heterocycles. The Bertz CT molecular complexity index is 439. The Hall–Kier alpha value is -1.13. The standard InChI is InChI=1S/C10H8BrNO2/c11-8-3-1-2-7(4-8)10-12-9(5-13)6-14-10/h1-4,6,13H,5H2. The lowest BCUT2D eigenvalue weighted by Gasteiger charge is -1.94. The highest BCUT2D eigenvalue weighted by Gasteiger charge is 2.05. The molecule has 0 fully saturated rings. The molecule has 0 spiro atoms. The van der Waals surface area contributed by atoms with Crippen molar-refractivity contribution in [2.24, 2.45) is 0 Å². The zero-order valence-electron chi connectivity index (χ0n) is 7.27. The topological polar surface area (TPSA) is 46.3 Å². The van der Waals surface area contributed by atoms with Crippen LogP contribution >= 0.6 is 15.9 Å². The molecule has 0 saturated carbocycles. The van der Waals surface area contributed by atoms with Crippen LogP contribution in [0.1, 0.15) is 5.69 Å². The smallest absolute Gasteiger partial charge is 0.226 e. The van der Waals surface area contributed by atoms with Crippen LogP contribution in [-0.2, 0) is 6.61 Å². The molecule has 0 aliphatic heterocycles. The number of nitrogens with zero attached hydrogens (tertiary/aromatic N) is 1. The molecule has 1 aromatic heterocycles. The van der Waals surface area contributed by atoms with Crippen LogP contribution in [0.25, 0.3) is 11.5 Å². The molecule has 0 radical (unpaired) electrons. The van der Waals surface area contributed by atoms with Crippen LogP contribution in [-0.4, -0.2) is 10.1 Å². The molecule has 2 aromatic rings. The molecular weight excluding hydrogens is 246 g/mol. The summed E-state index contributed by atoms with van der Waals surface area (Å²) in [5, 5.41) is 8.82. The van der Waals surface area contributed by atoms with Crippen molar-refractivity contribution in [3.05, 3.63) is 40.7 Å². The van der Waals surface area contributed by atoms with Gasteiger partial charge in [-0.15, -0.1) is 0 Å². The van der Waals surface area contributed by atoms with Crippen LogP contribution in [0.15, 0.2) is 39.4 Å². The van der Waals surface area contributed by atoms with Crippen molar-refractivity contribution in [2.45, 2.75) is 6.61 Å². The van der Waals surface area contributed by atoms with Crippen LogP contribution in [0.2, 0.25) is 0 Å². The second-order valence-electron chi connectivity index (χ2n) is 2.81. The molecule has 0 amide bonds. The van der Waals surface area contributed by atoms with Gasteiger partial charge in [0.25, 0.3) is 0 Å². The molecule has 1 aromatic carbocycles. The third kappa shape index (κ3) is 1.86. The molecule has 0 aliphatic carbocycles. The van der Waals surface area contributed by atoms with Gasteiger partial charge in [-0.05, 0) is 18.2 Å². The van der Waals surface area contributed by atoms with Crippen LogP contribution in [0.5, 0.6) is 0 Å². The number of aromatic nitrogens is 1. The molecule has 72 valence electrons. The van der Waals surface area contributed by atoms with Crippen molar-refractivity contribution in [3.63, 3.8) is 0 Å². The lowest BCUT2D eigenvalue weighted by Crippen LogP contribution is -1.82.